The number of esters is 1. The highest BCUT2D eigenvalue weighted by Gasteiger charge is 2.30. The third-order valence-corrected chi connectivity index (χ3v) is 6.84. The van der Waals surface area contributed by atoms with E-state index in [-0.39, 0.29) is 11.4 Å². The number of allylic oxidation sites excluding steroid dienone is 1. The van der Waals surface area contributed by atoms with Crippen LogP contribution in [0.1, 0.15) is 39.8 Å². The van der Waals surface area contributed by atoms with Crippen molar-refractivity contribution in [2.45, 2.75) is 25.9 Å². The lowest BCUT2D eigenvalue weighted by molar-refractivity contribution is -0.383. The Morgan fingerprint density at radius 1 is 1.11 bits per heavy atom. The molecule has 36 heavy (non-hydrogen) atoms. The van der Waals surface area contributed by atoms with Gasteiger partial charge in [0.25, 0.3) is 11.6 Å². The largest absolute Gasteiger partial charge is 0.449 e. The van der Waals surface area contributed by atoms with Crippen molar-refractivity contribution in [2.75, 3.05) is 5.32 Å². The van der Waals surface area contributed by atoms with Gasteiger partial charge >= 0.3 is 5.97 Å². The number of hydrogen-bond donors (Lipinski definition) is 1. The highest BCUT2D eigenvalue weighted by atomic mass is 32.1. The number of nitro benzene ring substituents is 1. The Hall–Kier alpha value is -4.37. The molecule has 1 amide bonds. The van der Waals surface area contributed by atoms with Crippen LogP contribution in [0.3, 0.4) is 0 Å². The number of nitro groups is 1. The fourth-order valence-electron chi connectivity index (χ4n) is 4.30. The number of ether oxygens (including phenoxy) is 1. The van der Waals surface area contributed by atoms with Crippen LogP contribution in [0.2, 0.25) is 0 Å². The van der Waals surface area contributed by atoms with Gasteiger partial charge in [-0.2, -0.15) is 0 Å². The average molecular weight is 500 g/mol. The van der Waals surface area contributed by atoms with Crippen molar-refractivity contribution in [3.8, 4) is 0 Å². The van der Waals surface area contributed by atoms with Crippen molar-refractivity contribution in [3.05, 3.63) is 97.9 Å². The second-order valence-electron chi connectivity index (χ2n) is 8.33. The van der Waals surface area contributed by atoms with E-state index in [4.69, 9.17) is 9.72 Å². The van der Waals surface area contributed by atoms with Crippen LogP contribution in [-0.4, -0.2) is 27.9 Å². The summed E-state index contributed by atoms with van der Waals surface area (Å²) in [7, 11) is 0. The van der Waals surface area contributed by atoms with Crippen LogP contribution in [0.5, 0.6) is 0 Å². The molecule has 180 valence electrons. The molecule has 2 heterocycles. The Balaban J connectivity index is 1.45. The summed E-state index contributed by atoms with van der Waals surface area (Å²) in [5.41, 5.74) is 3.48. The van der Waals surface area contributed by atoms with E-state index in [2.05, 4.69) is 11.4 Å². The molecular weight excluding hydrogens is 478 g/mol. The monoisotopic (exact) mass is 499 g/mol. The Bertz CT molecular complexity index is 1530. The van der Waals surface area contributed by atoms with Gasteiger partial charge in [0.1, 0.15) is 5.69 Å². The van der Waals surface area contributed by atoms with E-state index in [1.54, 1.807) is 17.4 Å². The summed E-state index contributed by atoms with van der Waals surface area (Å²) in [5, 5.41) is 16.4. The molecule has 0 aliphatic heterocycles. The van der Waals surface area contributed by atoms with Gasteiger partial charge in [-0.1, -0.05) is 36.4 Å². The second kappa shape index (κ2) is 9.71. The van der Waals surface area contributed by atoms with Crippen molar-refractivity contribution >= 4 is 57.1 Å². The number of para-hydroxylation sites is 3. The van der Waals surface area contributed by atoms with Gasteiger partial charge in [0.05, 0.1) is 21.7 Å². The molecule has 0 spiro atoms. The smallest absolute Gasteiger partial charge is 0.339 e. The number of carbonyl (C=O) groups excluding carboxylic acids is 2. The van der Waals surface area contributed by atoms with E-state index in [0.29, 0.717) is 22.9 Å². The van der Waals surface area contributed by atoms with Crippen LogP contribution in [-0.2, 0) is 16.0 Å². The van der Waals surface area contributed by atoms with Gasteiger partial charge < -0.3 is 10.1 Å². The number of pyridine rings is 1. The predicted octanol–water partition coefficient (Wildman–Crippen LogP) is 5.88. The first-order valence-electron chi connectivity index (χ1n) is 11.3. The first-order valence-corrected chi connectivity index (χ1v) is 12.2. The second-order valence-corrected chi connectivity index (χ2v) is 9.31. The normalized spacial score (nSPS) is 14.4. The molecule has 2 aromatic heterocycles. The SMILES string of the molecule is C[C@@H](OC(=O)c1c2c(nc3ccccc13)/C(=C/c1cccs1)CC2)C(=O)Nc1ccccc1[N+](=O)[O-]. The number of carbonyl (C=O) groups is 2. The van der Waals surface area contributed by atoms with Gasteiger partial charge in [0, 0.05) is 16.3 Å². The molecule has 0 saturated heterocycles. The van der Waals surface area contributed by atoms with Crippen molar-refractivity contribution in [3.63, 3.8) is 0 Å². The molecule has 2 aromatic carbocycles. The summed E-state index contributed by atoms with van der Waals surface area (Å²) >= 11 is 1.63. The van der Waals surface area contributed by atoms with Crippen LogP contribution in [0, 0.1) is 10.1 Å². The number of rotatable bonds is 6. The summed E-state index contributed by atoms with van der Waals surface area (Å²) in [6.07, 6.45) is 2.29. The van der Waals surface area contributed by atoms with Gasteiger partial charge in [0.2, 0.25) is 0 Å². The van der Waals surface area contributed by atoms with Crippen molar-refractivity contribution in [1.29, 1.82) is 0 Å². The number of aromatic nitrogens is 1. The zero-order valence-electron chi connectivity index (χ0n) is 19.3. The molecule has 0 bridgehead atoms. The average Bonchev–Trinajstić information content (AvgIpc) is 3.53. The fraction of sp³-hybridized carbons (Fsp3) is 0.148. The minimum absolute atomic E-state index is 0.0361. The molecule has 1 atom stereocenters. The maximum absolute atomic E-state index is 13.4. The van der Waals surface area contributed by atoms with E-state index in [9.17, 15) is 19.7 Å². The topological polar surface area (TPSA) is 111 Å². The Morgan fingerprint density at radius 3 is 2.67 bits per heavy atom. The van der Waals surface area contributed by atoms with E-state index < -0.39 is 22.9 Å². The quantitative estimate of drug-likeness (QED) is 0.202. The van der Waals surface area contributed by atoms with Gasteiger partial charge in [-0.3, -0.25) is 14.9 Å². The molecule has 0 saturated carbocycles. The summed E-state index contributed by atoms with van der Waals surface area (Å²) in [5.74, 6) is -1.29. The lowest BCUT2D eigenvalue weighted by Crippen LogP contribution is -2.30. The number of anilines is 1. The molecule has 0 radical (unpaired) electrons. The fourth-order valence-corrected chi connectivity index (χ4v) is 4.98. The molecule has 4 aromatic rings. The zero-order chi connectivity index (χ0) is 25.2. The molecule has 5 rings (SSSR count). The van der Waals surface area contributed by atoms with Gasteiger partial charge in [0.15, 0.2) is 6.10 Å². The minimum atomic E-state index is -1.18. The van der Waals surface area contributed by atoms with Crippen LogP contribution >= 0.6 is 11.3 Å². The van der Waals surface area contributed by atoms with Crippen LogP contribution in [0.25, 0.3) is 22.6 Å². The third-order valence-electron chi connectivity index (χ3n) is 6.02. The molecule has 1 aliphatic rings. The number of hydrogen-bond acceptors (Lipinski definition) is 7. The van der Waals surface area contributed by atoms with Gasteiger partial charge in [-0.15, -0.1) is 11.3 Å². The summed E-state index contributed by atoms with van der Waals surface area (Å²) in [6, 6.07) is 17.2. The van der Waals surface area contributed by atoms with Gasteiger partial charge in [-0.25, -0.2) is 9.78 Å². The van der Waals surface area contributed by atoms with Gasteiger partial charge in [-0.05, 0) is 60.6 Å². The Labute approximate surface area is 210 Å². The predicted molar refractivity (Wildman–Crippen MR) is 139 cm³/mol. The number of nitrogens with zero attached hydrogens (tertiary/aromatic N) is 2. The van der Waals surface area contributed by atoms with E-state index in [1.807, 2.05) is 41.8 Å². The maximum Gasteiger partial charge on any atom is 0.339 e. The number of fused-ring (bicyclic) bond motifs is 2. The van der Waals surface area contributed by atoms with E-state index >= 15 is 0 Å². The highest BCUT2D eigenvalue weighted by Crippen LogP contribution is 2.38. The minimum Gasteiger partial charge on any atom is -0.449 e. The molecule has 8 nitrogen and oxygen atoms in total. The molecule has 0 fully saturated rings. The Morgan fingerprint density at radius 2 is 1.89 bits per heavy atom. The lowest BCUT2D eigenvalue weighted by atomic mass is 10.0. The number of thiophene rings is 1. The molecule has 1 aliphatic carbocycles. The standard InChI is InChI=1S/C27H21N3O5S/c1-16(26(31)29-22-10-4-5-11-23(22)30(33)34)35-27(32)24-19-8-2-3-9-21(19)28-25-17(12-13-20(24)25)15-18-7-6-14-36-18/h2-11,14-16H,12-13H2,1H3,(H,29,31)/b17-15+/t16-/m1/s1. The van der Waals surface area contributed by atoms with Crippen LogP contribution in [0.15, 0.2) is 66.0 Å². The van der Waals surface area contributed by atoms with Crippen molar-refractivity contribution in [2.24, 2.45) is 0 Å². The molecular formula is C27H21N3O5S. The first kappa shape index (κ1) is 23.4. The van der Waals surface area contributed by atoms with Crippen LogP contribution in [0.4, 0.5) is 11.4 Å². The van der Waals surface area contributed by atoms with Crippen molar-refractivity contribution < 1.29 is 19.2 Å². The highest BCUT2D eigenvalue weighted by molar-refractivity contribution is 7.10. The zero-order valence-corrected chi connectivity index (χ0v) is 20.1. The van der Waals surface area contributed by atoms with Crippen molar-refractivity contribution in [1.82, 2.24) is 4.98 Å². The molecule has 0 unspecified atom stereocenters. The first-order chi connectivity index (χ1) is 17.4. The third kappa shape index (κ3) is 4.48. The number of nitrogens with one attached hydrogen (secondary N) is 1. The van der Waals surface area contributed by atoms with E-state index in [1.165, 1.54) is 25.1 Å². The molecule has 1 N–H and O–H groups in total. The Kier molecular flexibility index (Phi) is 6.30. The number of amides is 1. The van der Waals surface area contributed by atoms with Crippen LogP contribution < -0.4 is 5.32 Å². The summed E-state index contributed by atoms with van der Waals surface area (Å²) < 4.78 is 5.58. The number of benzene rings is 2. The molecule has 9 heteroatoms. The lowest BCUT2D eigenvalue weighted by Gasteiger charge is -2.16. The maximum atomic E-state index is 13.4. The summed E-state index contributed by atoms with van der Waals surface area (Å²) in [4.78, 5) is 42.8. The summed E-state index contributed by atoms with van der Waals surface area (Å²) in [6.45, 7) is 1.44. The van der Waals surface area contributed by atoms with E-state index in [0.717, 1.165) is 28.1 Å².